The second-order valence-corrected chi connectivity index (χ2v) is 5.61. The Morgan fingerprint density at radius 3 is 2.91 bits per heavy atom. The van der Waals surface area contributed by atoms with Gasteiger partial charge in [0, 0.05) is 30.1 Å². The van der Waals surface area contributed by atoms with Gasteiger partial charge >= 0.3 is 0 Å². The summed E-state index contributed by atoms with van der Waals surface area (Å²) in [5, 5.41) is 19.1. The van der Waals surface area contributed by atoms with E-state index < -0.39 is 0 Å². The van der Waals surface area contributed by atoms with E-state index in [9.17, 15) is 5.11 Å². The summed E-state index contributed by atoms with van der Waals surface area (Å²) in [7, 11) is 0. The third-order valence-corrected chi connectivity index (χ3v) is 4.07. The van der Waals surface area contributed by atoms with Crippen LogP contribution in [0.15, 0.2) is 30.5 Å². The van der Waals surface area contributed by atoms with Crippen molar-refractivity contribution in [3.63, 3.8) is 0 Å². The highest BCUT2D eigenvalue weighted by atomic mass is 16.3. The quantitative estimate of drug-likeness (QED) is 0.659. The fourth-order valence-corrected chi connectivity index (χ4v) is 2.83. The van der Waals surface area contributed by atoms with E-state index in [4.69, 9.17) is 0 Å². The van der Waals surface area contributed by atoms with Crippen LogP contribution in [0.25, 0.3) is 10.9 Å². The van der Waals surface area contributed by atoms with Gasteiger partial charge in [-0.15, -0.1) is 5.10 Å². The standard InChI is InChI=1S/C17H22N4O/c1-2-3-6-9-21-17(16(12-22)19-20-21)10-13-11-18-15-8-5-4-7-14(13)15/h4-5,7-8,11,18,22H,2-3,6,9-10,12H2,1H3. The topological polar surface area (TPSA) is 66.7 Å². The number of nitrogens with zero attached hydrogens (tertiary/aromatic N) is 3. The first-order chi connectivity index (χ1) is 10.8. The fourth-order valence-electron chi connectivity index (χ4n) is 2.83. The Hall–Kier alpha value is -2.14. The molecule has 3 aromatic rings. The zero-order valence-corrected chi connectivity index (χ0v) is 12.9. The largest absolute Gasteiger partial charge is 0.390 e. The van der Waals surface area contributed by atoms with Gasteiger partial charge in [0.1, 0.15) is 5.69 Å². The summed E-state index contributed by atoms with van der Waals surface area (Å²) in [6.45, 7) is 2.98. The first-order valence-electron chi connectivity index (χ1n) is 7.90. The number of para-hydroxylation sites is 1. The predicted molar refractivity (Wildman–Crippen MR) is 86.6 cm³/mol. The minimum atomic E-state index is -0.0640. The molecule has 5 heteroatoms. The molecule has 0 amide bonds. The third-order valence-electron chi connectivity index (χ3n) is 4.07. The van der Waals surface area contributed by atoms with E-state index in [2.05, 4.69) is 34.4 Å². The van der Waals surface area contributed by atoms with Crippen molar-refractivity contribution in [2.24, 2.45) is 0 Å². The summed E-state index contributed by atoms with van der Waals surface area (Å²) >= 11 is 0. The molecule has 0 aliphatic rings. The average molecular weight is 298 g/mol. The van der Waals surface area contributed by atoms with Gasteiger partial charge < -0.3 is 10.1 Å². The van der Waals surface area contributed by atoms with Crippen LogP contribution in [0.3, 0.4) is 0 Å². The molecule has 0 spiro atoms. The van der Waals surface area contributed by atoms with E-state index in [0.717, 1.165) is 30.6 Å². The highest BCUT2D eigenvalue weighted by Gasteiger charge is 2.14. The summed E-state index contributed by atoms with van der Waals surface area (Å²) in [5.74, 6) is 0. The molecule has 0 saturated heterocycles. The summed E-state index contributed by atoms with van der Waals surface area (Å²) in [6, 6.07) is 8.26. The monoisotopic (exact) mass is 298 g/mol. The van der Waals surface area contributed by atoms with Gasteiger partial charge in [-0.3, -0.25) is 0 Å². The number of nitrogens with one attached hydrogen (secondary N) is 1. The number of aliphatic hydroxyl groups excluding tert-OH is 1. The van der Waals surface area contributed by atoms with Gasteiger partial charge in [0.15, 0.2) is 0 Å². The Labute approximate surface area is 130 Å². The van der Waals surface area contributed by atoms with Gasteiger partial charge in [0.2, 0.25) is 0 Å². The number of hydrogen-bond donors (Lipinski definition) is 2. The number of rotatable bonds is 7. The molecule has 0 saturated carbocycles. The Kier molecular flexibility index (Phi) is 4.53. The lowest BCUT2D eigenvalue weighted by atomic mass is 10.1. The number of aliphatic hydroxyl groups is 1. The zero-order chi connectivity index (χ0) is 15.4. The lowest BCUT2D eigenvalue weighted by Crippen LogP contribution is -2.07. The summed E-state index contributed by atoms with van der Waals surface area (Å²) in [4.78, 5) is 3.30. The molecular weight excluding hydrogens is 276 g/mol. The van der Waals surface area contributed by atoms with Crippen LogP contribution in [0.4, 0.5) is 0 Å². The first kappa shape index (κ1) is 14.8. The number of benzene rings is 1. The fraction of sp³-hybridized carbons (Fsp3) is 0.412. The van der Waals surface area contributed by atoms with E-state index >= 15 is 0 Å². The number of H-pyrrole nitrogens is 1. The van der Waals surface area contributed by atoms with Gasteiger partial charge in [-0.25, -0.2) is 4.68 Å². The van der Waals surface area contributed by atoms with E-state index in [0.29, 0.717) is 5.69 Å². The van der Waals surface area contributed by atoms with Crippen LogP contribution in [-0.2, 0) is 19.6 Å². The molecule has 0 aliphatic heterocycles. The first-order valence-corrected chi connectivity index (χ1v) is 7.90. The number of aryl methyl sites for hydroxylation is 1. The highest BCUT2D eigenvalue weighted by Crippen LogP contribution is 2.22. The normalized spacial score (nSPS) is 11.4. The van der Waals surface area contributed by atoms with Crippen LogP contribution in [0.2, 0.25) is 0 Å². The SMILES string of the molecule is CCCCCn1nnc(CO)c1Cc1c[nH]c2ccccc12. The average Bonchev–Trinajstić information content (AvgIpc) is 3.13. The Balaban J connectivity index is 1.88. The van der Waals surface area contributed by atoms with E-state index in [-0.39, 0.29) is 6.61 Å². The third kappa shape index (κ3) is 2.90. The van der Waals surface area contributed by atoms with Crippen molar-refractivity contribution in [3.8, 4) is 0 Å². The van der Waals surface area contributed by atoms with Crippen molar-refractivity contribution in [1.82, 2.24) is 20.0 Å². The molecule has 3 rings (SSSR count). The van der Waals surface area contributed by atoms with Crippen LogP contribution in [0.1, 0.15) is 43.1 Å². The minimum absolute atomic E-state index is 0.0640. The smallest absolute Gasteiger partial charge is 0.112 e. The second-order valence-electron chi connectivity index (χ2n) is 5.61. The van der Waals surface area contributed by atoms with Crippen molar-refractivity contribution in [2.45, 2.75) is 45.8 Å². The lowest BCUT2D eigenvalue weighted by molar-refractivity contribution is 0.275. The molecule has 116 valence electrons. The Bertz CT molecular complexity index is 744. The van der Waals surface area contributed by atoms with Crippen LogP contribution >= 0.6 is 0 Å². The zero-order valence-electron chi connectivity index (χ0n) is 12.9. The van der Waals surface area contributed by atoms with Gasteiger partial charge in [-0.05, 0) is 18.1 Å². The molecule has 22 heavy (non-hydrogen) atoms. The van der Waals surface area contributed by atoms with Crippen LogP contribution < -0.4 is 0 Å². The van der Waals surface area contributed by atoms with Crippen molar-refractivity contribution >= 4 is 10.9 Å². The van der Waals surface area contributed by atoms with Crippen molar-refractivity contribution < 1.29 is 5.11 Å². The maximum Gasteiger partial charge on any atom is 0.112 e. The predicted octanol–water partition coefficient (Wildman–Crippen LogP) is 3.03. The Morgan fingerprint density at radius 2 is 2.09 bits per heavy atom. The van der Waals surface area contributed by atoms with Crippen molar-refractivity contribution in [1.29, 1.82) is 0 Å². The van der Waals surface area contributed by atoms with Crippen LogP contribution in [-0.4, -0.2) is 25.1 Å². The van der Waals surface area contributed by atoms with Crippen LogP contribution in [0, 0.1) is 0 Å². The number of fused-ring (bicyclic) bond motifs is 1. The number of aromatic nitrogens is 4. The van der Waals surface area contributed by atoms with Crippen molar-refractivity contribution in [2.75, 3.05) is 0 Å². The second kappa shape index (κ2) is 6.75. The molecule has 2 heterocycles. The van der Waals surface area contributed by atoms with Gasteiger partial charge in [0.25, 0.3) is 0 Å². The highest BCUT2D eigenvalue weighted by molar-refractivity contribution is 5.83. The number of unbranched alkanes of at least 4 members (excludes halogenated alkanes) is 2. The van der Waals surface area contributed by atoms with E-state index in [1.54, 1.807) is 0 Å². The van der Waals surface area contributed by atoms with E-state index in [1.807, 2.05) is 23.0 Å². The molecule has 2 aromatic heterocycles. The number of hydrogen-bond acceptors (Lipinski definition) is 3. The molecule has 0 radical (unpaired) electrons. The molecule has 1 aromatic carbocycles. The molecule has 0 unspecified atom stereocenters. The maximum atomic E-state index is 9.52. The molecule has 0 atom stereocenters. The maximum absolute atomic E-state index is 9.52. The van der Waals surface area contributed by atoms with Gasteiger partial charge in [-0.1, -0.05) is 43.2 Å². The summed E-state index contributed by atoms with van der Waals surface area (Å²) in [5.41, 5.74) is 4.04. The van der Waals surface area contributed by atoms with Gasteiger partial charge in [-0.2, -0.15) is 0 Å². The number of aromatic amines is 1. The lowest BCUT2D eigenvalue weighted by Gasteiger charge is -2.07. The van der Waals surface area contributed by atoms with Gasteiger partial charge in [0.05, 0.1) is 12.3 Å². The molecule has 0 fully saturated rings. The van der Waals surface area contributed by atoms with E-state index in [1.165, 1.54) is 23.8 Å². The summed E-state index contributed by atoms with van der Waals surface area (Å²) < 4.78 is 1.95. The molecule has 2 N–H and O–H groups in total. The van der Waals surface area contributed by atoms with Crippen molar-refractivity contribution in [3.05, 3.63) is 47.4 Å². The molecular formula is C17H22N4O. The van der Waals surface area contributed by atoms with Crippen LogP contribution in [0.5, 0.6) is 0 Å². The molecule has 0 bridgehead atoms. The minimum Gasteiger partial charge on any atom is -0.390 e. The Morgan fingerprint density at radius 1 is 1.23 bits per heavy atom. The molecule has 5 nitrogen and oxygen atoms in total. The molecule has 0 aliphatic carbocycles. The summed E-state index contributed by atoms with van der Waals surface area (Å²) in [6.07, 6.45) is 6.22.